The number of halogens is 1. The molecule has 65 heavy (non-hydrogen) atoms. The van der Waals surface area contributed by atoms with E-state index in [1.165, 1.54) is 71.4 Å². The van der Waals surface area contributed by atoms with E-state index in [1.807, 2.05) is 11.3 Å². The smallest absolute Gasteiger partial charge is 0 e. The molecular weight excluding hydrogens is 1050 g/mol. The van der Waals surface area contributed by atoms with Gasteiger partial charge < -0.3 is 4.57 Å². The maximum Gasteiger partial charge on any atom is 0 e. The van der Waals surface area contributed by atoms with Crippen LogP contribution in [0.2, 0.25) is 17.3 Å². The second kappa shape index (κ2) is 19.2. The van der Waals surface area contributed by atoms with E-state index in [9.17, 15) is 4.39 Å². The van der Waals surface area contributed by atoms with Gasteiger partial charge in [0.1, 0.15) is 0 Å². The Morgan fingerprint density at radius 2 is 1.35 bits per heavy atom. The minimum atomic E-state index is -2.34. The third-order valence-corrected chi connectivity index (χ3v) is 17.3. The Kier molecular flexibility index (Phi) is 12.4. The molecule has 0 amide bonds. The summed E-state index contributed by atoms with van der Waals surface area (Å²) >= 11 is -0.500. The summed E-state index contributed by atoms with van der Waals surface area (Å²) < 4.78 is 42.0. The van der Waals surface area contributed by atoms with E-state index in [0.717, 1.165) is 26.8 Å². The van der Waals surface area contributed by atoms with Gasteiger partial charge in [0.25, 0.3) is 0 Å². The Hall–Kier alpha value is -5.50. The summed E-state index contributed by atoms with van der Waals surface area (Å²) in [6, 6.07) is 58.1. The van der Waals surface area contributed by atoms with Gasteiger partial charge in [0.05, 0.1) is 16.9 Å². The first-order valence-electron chi connectivity index (χ1n) is 23.4. The number of aryl methyl sites for hydroxylation is 1. The van der Waals surface area contributed by atoms with Crippen LogP contribution >= 0.6 is 11.3 Å². The summed E-state index contributed by atoms with van der Waals surface area (Å²) in [6.07, 6.45) is 1.67. The number of imidazole rings is 1. The Balaban J connectivity index is 0.000000240. The number of nitrogens with zero attached hydrogens (tertiary/aromatic N) is 3. The van der Waals surface area contributed by atoms with Crippen molar-refractivity contribution in [1.82, 2.24) is 14.5 Å². The number of benzene rings is 7. The molecule has 7 heteroatoms. The van der Waals surface area contributed by atoms with Crippen LogP contribution in [0.25, 0.3) is 81.8 Å². The molecule has 0 aliphatic heterocycles. The van der Waals surface area contributed by atoms with Crippen molar-refractivity contribution < 1.29 is 28.6 Å². The van der Waals surface area contributed by atoms with Crippen molar-refractivity contribution in [3.05, 3.63) is 192 Å². The van der Waals surface area contributed by atoms with Gasteiger partial charge in [0, 0.05) is 30.5 Å². The third kappa shape index (κ3) is 9.33. The first-order valence-corrected chi connectivity index (χ1v) is 30.0. The van der Waals surface area contributed by atoms with Crippen molar-refractivity contribution in [1.29, 1.82) is 0 Å². The van der Waals surface area contributed by atoms with Gasteiger partial charge in [0.2, 0.25) is 0 Å². The number of thiophene rings is 1. The van der Waals surface area contributed by atoms with Gasteiger partial charge in [0.15, 0.2) is 0 Å². The fourth-order valence-electron chi connectivity index (χ4n) is 8.53. The molecule has 0 saturated carbocycles. The minimum absolute atomic E-state index is 0. The quantitative estimate of drug-likeness (QED) is 0.112. The Bertz CT molecular complexity index is 3370. The molecular formula is C58H52FGeIrN3S-2. The Labute approximate surface area is 407 Å². The van der Waals surface area contributed by atoms with E-state index in [-0.39, 0.29) is 25.9 Å². The molecule has 10 aromatic rings. The van der Waals surface area contributed by atoms with Gasteiger partial charge in [-0.2, -0.15) is 11.3 Å². The van der Waals surface area contributed by atoms with Crippen LogP contribution in [0.15, 0.2) is 158 Å². The van der Waals surface area contributed by atoms with Gasteiger partial charge in [-0.3, -0.25) is 4.98 Å². The fourth-order valence-corrected chi connectivity index (χ4v) is 12.5. The standard InChI is InChI=1S/C43H35N2S.C15H17FGeN.Ir/c1-27(2)33-14-10-15-34(28(3)4)41(33)45-39-19-9-8-18-38(39)44-43(45)36-17-11-16-35-37-26-32(24-25-40(37)46-42(35)36)31-22-20-30(21-23-31)29-12-6-5-7-13-29;1-11-9-15(12-5-7-13(16)8-6-12)18-10-14(11)17(2,3)4;/h5-16,18-28H,1-4H3;5,7-10H,1-4H3;/q2*-1;/i;1D3;. The van der Waals surface area contributed by atoms with Gasteiger partial charge in [-0.25, -0.2) is 0 Å². The van der Waals surface area contributed by atoms with Crippen molar-refractivity contribution in [2.24, 2.45) is 0 Å². The topological polar surface area (TPSA) is 30.7 Å². The largest absolute Gasteiger partial charge is 0 e. The number of rotatable bonds is 8. The van der Waals surface area contributed by atoms with Crippen LogP contribution in [-0.4, -0.2) is 27.8 Å². The zero-order valence-corrected chi connectivity index (χ0v) is 42.9. The molecule has 0 unspecified atom stereocenters. The summed E-state index contributed by atoms with van der Waals surface area (Å²) in [7, 11) is 0. The normalized spacial score (nSPS) is 12.5. The van der Waals surface area contributed by atoms with Crippen LogP contribution < -0.4 is 4.40 Å². The summed E-state index contributed by atoms with van der Waals surface area (Å²) in [5.41, 5.74) is 13.5. The van der Waals surface area contributed by atoms with Crippen LogP contribution in [0.3, 0.4) is 0 Å². The second-order valence-electron chi connectivity index (χ2n) is 18.0. The SMILES string of the molecule is CC(C)c1cccc(C(C)C)c1-n1c(-c2[c-]ccc3c2sc2ccc(-c4ccc(-c5ccccc5)cc4)cc23)nc2ccccc21.[2H]C([2H])([2H])c1cc(-c2[c-]cc(F)cc2)nc[c]1[Ge]([CH3])([CH3])[CH3].[Ir]. The number of fused-ring (bicyclic) bond motifs is 4. The monoisotopic (exact) mass is 1110 g/mol. The first-order chi connectivity index (χ1) is 32.1. The van der Waals surface area contributed by atoms with Crippen LogP contribution in [-0.2, 0) is 20.1 Å². The molecule has 0 aliphatic rings. The van der Waals surface area contributed by atoms with Gasteiger partial charge >= 0.3 is 114 Å². The van der Waals surface area contributed by atoms with Crippen LogP contribution in [0.4, 0.5) is 4.39 Å². The zero-order valence-electron chi connectivity index (χ0n) is 40.6. The van der Waals surface area contributed by atoms with Gasteiger partial charge in [-0.1, -0.05) is 130 Å². The zero-order chi connectivity index (χ0) is 47.2. The number of para-hydroxylation sites is 3. The maximum absolute atomic E-state index is 13.0. The number of hydrogen-bond donors (Lipinski definition) is 0. The van der Waals surface area contributed by atoms with E-state index in [2.05, 4.69) is 194 Å². The van der Waals surface area contributed by atoms with Crippen molar-refractivity contribution in [2.45, 2.75) is 63.7 Å². The Morgan fingerprint density at radius 3 is 2.02 bits per heavy atom. The van der Waals surface area contributed by atoms with Crippen LogP contribution in [0.1, 0.15) is 60.3 Å². The molecule has 3 heterocycles. The third-order valence-electron chi connectivity index (χ3n) is 11.9. The molecule has 0 spiro atoms. The number of pyridine rings is 1. The molecule has 327 valence electrons. The number of aromatic nitrogens is 3. The number of hydrogen-bond acceptors (Lipinski definition) is 3. The van der Waals surface area contributed by atoms with Crippen LogP contribution in [0, 0.1) is 24.8 Å². The molecule has 3 aromatic heterocycles. The summed E-state index contributed by atoms with van der Waals surface area (Å²) in [4.78, 5) is 9.68. The van der Waals surface area contributed by atoms with E-state index in [0.29, 0.717) is 28.7 Å². The summed E-state index contributed by atoms with van der Waals surface area (Å²) in [5, 5.41) is 2.52. The van der Waals surface area contributed by atoms with Gasteiger partial charge in [-0.15, -0.1) is 18.2 Å². The molecule has 0 N–H and O–H groups in total. The average molecular weight is 1110 g/mol. The van der Waals surface area contributed by atoms with E-state index < -0.39 is 20.1 Å². The predicted molar refractivity (Wildman–Crippen MR) is 273 cm³/mol. The van der Waals surface area contributed by atoms with Crippen LogP contribution in [0.5, 0.6) is 0 Å². The Morgan fingerprint density at radius 1 is 0.692 bits per heavy atom. The average Bonchev–Trinajstić information content (AvgIpc) is 3.90. The molecule has 0 bridgehead atoms. The van der Waals surface area contributed by atoms with Crippen molar-refractivity contribution in [2.75, 3.05) is 0 Å². The molecule has 3 nitrogen and oxygen atoms in total. The predicted octanol–water partition coefficient (Wildman–Crippen LogP) is 16.0. The summed E-state index contributed by atoms with van der Waals surface area (Å²) in [6.45, 7) is 6.97. The van der Waals surface area contributed by atoms with E-state index in [1.54, 1.807) is 18.3 Å². The van der Waals surface area contributed by atoms with Crippen molar-refractivity contribution in [3.63, 3.8) is 0 Å². The molecule has 0 aliphatic carbocycles. The fraction of sp³-hybridized carbons (Fsp3) is 0.172. The first kappa shape index (κ1) is 42.2. The molecule has 10 rings (SSSR count). The molecule has 7 aromatic carbocycles. The van der Waals surface area contributed by atoms with E-state index >= 15 is 0 Å². The summed E-state index contributed by atoms with van der Waals surface area (Å²) in [5.74, 6) is 7.71. The second-order valence-corrected chi connectivity index (χ2v) is 29.6. The van der Waals surface area contributed by atoms with Crippen molar-refractivity contribution >= 4 is 60.2 Å². The van der Waals surface area contributed by atoms with Crippen molar-refractivity contribution in [3.8, 4) is 50.6 Å². The molecule has 0 fully saturated rings. The van der Waals surface area contributed by atoms with Gasteiger partial charge in [-0.05, 0) is 79.6 Å². The molecule has 1 radical (unpaired) electrons. The maximum atomic E-state index is 13.0. The molecule has 0 saturated heterocycles. The molecule has 0 atom stereocenters. The minimum Gasteiger partial charge on any atom is 0 e. The van der Waals surface area contributed by atoms with E-state index in [4.69, 9.17) is 9.10 Å².